The van der Waals surface area contributed by atoms with E-state index < -0.39 is 0 Å². The fourth-order valence-corrected chi connectivity index (χ4v) is 2.43. The Hall–Kier alpha value is -2.57. The summed E-state index contributed by atoms with van der Waals surface area (Å²) in [6.45, 7) is 8.50. The first-order valence-corrected chi connectivity index (χ1v) is 8.04. The summed E-state index contributed by atoms with van der Waals surface area (Å²) in [5.41, 5.74) is 2.74. The van der Waals surface area contributed by atoms with Gasteiger partial charge in [-0.25, -0.2) is 9.78 Å². The molecule has 2 rings (SSSR count). The normalized spacial score (nSPS) is 11.8. The summed E-state index contributed by atoms with van der Waals surface area (Å²) in [6, 6.07) is 3.42. The summed E-state index contributed by atoms with van der Waals surface area (Å²) in [5, 5.41) is 9.67. The lowest BCUT2D eigenvalue weighted by Gasteiger charge is -2.15. The van der Waals surface area contributed by atoms with E-state index in [2.05, 4.69) is 20.8 Å². The van der Waals surface area contributed by atoms with Crippen molar-refractivity contribution in [3.8, 4) is 5.88 Å². The van der Waals surface area contributed by atoms with Gasteiger partial charge in [0.1, 0.15) is 5.76 Å². The Balaban J connectivity index is 1.85. The summed E-state index contributed by atoms with van der Waals surface area (Å²) in [6.07, 6.45) is 2.34. The highest BCUT2D eigenvalue weighted by Gasteiger charge is 2.15. The number of hydrogen-bond donors (Lipinski definition) is 2. The molecule has 0 aliphatic heterocycles. The Morgan fingerprint density at radius 3 is 2.88 bits per heavy atom. The van der Waals surface area contributed by atoms with Crippen molar-refractivity contribution >= 4 is 6.03 Å². The molecule has 2 amide bonds. The third-order valence-corrected chi connectivity index (χ3v) is 3.64. The average Bonchev–Trinajstić information content (AvgIpc) is 2.86. The molecule has 2 aromatic rings. The molecule has 24 heavy (non-hydrogen) atoms. The third-order valence-electron chi connectivity index (χ3n) is 3.64. The number of carbonyl (C=O) groups excluding carboxylic acids is 1. The number of urea groups is 1. The highest BCUT2D eigenvalue weighted by atomic mass is 16.5. The van der Waals surface area contributed by atoms with Gasteiger partial charge in [-0.1, -0.05) is 11.2 Å². The van der Waals surface area contributed by atoms with Crippen molar-refractivity contribution in [1.82, 2.24) is 20.8 Å². The summed E-state index contributed by atoms with van der Waals surface area (Å²) >= 11 is 0. The minimum atomic E-state index is -0.236. The van der Waals surface area contributed by atoms with Gasteiger partial charge in [-0.05, 0) is 40.2 Å². The topological polar surface area (TPSA) is 89.3 Å². The zero-order chi connectivity index (χ0) is 17.5. The lowest BCUT2D eigenvalue weighted by Crippen LogP contribution is -2.41. The second-order valence-corrected chi connectivity index (χ2v) is 5.64. The largest absolute Gasteiger partial charge is 0.478 e. The summed E-state index contributed by atoms with van der Waals surface area (Å²) < 4.78 is 10.6. The smallest absolute Gasteiger partial charge is 0.315 e. The van der Waals surface area contributed by atoms with Crippen LogP contribution < -0.4 is 15.4 Å². The predicted molar refractivity (Wildman–Crippen MR) is 89.9 cm³/mol. The molecule has 1 atom stereocenters. The molecule has 7 heteroatoms. The number of pyridine rings is 1. The van der Waals surface area contributed by atoms with E-state index in [1.165, 1.54) is 0 Å². The Morgan fingerprint density at radius 1 is 1.42 bits per heavy atom. The molecule has 0 aromatic carbocycles. The zero-order valence-corrected chi connectivity index (χ0v) is 14.5. The van der Waals surface area contributed by atoms with Crippen LogP contribution in [0.2, 0.25) is 0 Å². The Kier molecular flexibility index (Phi) is 6.17. The lowest BCUT2D eigenvalue weighted by atomic mass is 10.1. The van der Waals surface area contributed by atoms with Crippen molar-refractivity contribution < 1.29 is 14.1 Å². The maximum absolute atomic E-state index is 12.1. The minimum absolute atomic E-state index is 0.0398. The van der Waals surface area contributed by atoms with E-state index in [-0.39, 0.29) is 12.1 Å². The second kappa shape index (κ2) is 8.33. The first kappa shape index (κ1) is 17.8. The molecule has 2 heterocycles. The molecule has 0 saturated carbocycles. The first-order valence-electron chi connectivity index (χ1n) is 8.04. The van der Waals surface area contributed by atoms with Crippen LogP contribution in [0.5, 0.6) is 5.88 Å². The van der Waals surface area contributed by atoms with Crippen LogP contribution in [-0.2, 0) is 13.0 Å². The quantitative estimate of drug-likeness (QED) is 0.813. The minimum Gasteiger partial charge on any atom is -0.478 e. The predicted octanol–water partition coefficient (Wildman–Crippen LogP) is 2.52. The molecule has 0 unspecified atom stereocenters. The maximum Gasteiger partial charge on any atom is 0.315 e. The van der Waals surface area contributed by atoms with Crippen LogP contribution in [0, 0.1) is 13.8 Å². The van der Waals surface area contributed by atoms with Gasteiger partial charge >= 0.3 is 6.03 Å². The number of nitrogens with zero attached hydrogens (tertiary/aromatic N) is 2. The van der Waals surface area contributed by atoms with Gasteiger partial charge in [0.05, 0.1) is 12.3 Å². The van der Waals surface area contributed by atoms with Crippen molar-refractivity contribution in [2.24, 2.45) is 0 Å². The Morgan fingerprint density at radius 2 is 2.21 bits per heavy atom. The van der Waals surface area contributed by atoms with Crippen LogP contribution >= 0.6 is 0 Å². The first-order chi connectivity index (χ1) is 11.5. The number of aromatic nitrogens is 2. The van der Waals surface area contributed by atoms with Crippen LogP contribution in [-0.4, -0.2) is 28.8 Å². The number of nitrogens with one attached hydrogen (secondary N) is 2. The molecule has 0 saturated heterocycles. The number of aryl methyl sites for hydroxylation is 2. The van der Waals surface area contributed by atoms with E-state index in [9.17, 15) is 4.79 Å². The molecule has 0 aliphatic rings. The number of amides is 2. The van der Waals surface area contributed by atoms with Crippen LogP contribution in [0.4, 0.5) is 4.79 Å². The Bertz CT molecular complexity index is 665. The van der Waals surface area contributed by atoms with Gasteiger partial charge in [0.25, 0.3) is 0 Å². The zero-order valence-electron chi connectivity index (χ0n) is 14.5. The number of rotatable bonds is 7. The van der Waals surface area contributed by atoms with Crippen molar-refractivity contribution in [1.29, 1.82) is 0 Å². The van der Waals surface area contributed by atoms with Crippen LogP contribution in [0.25, 0.3) is 0 Å². The van der Waals surface area contributed by atoms with Gasteiger partial charge in [0, 0.05) is 29.9 Å². The molecule has 0 spiro atoms. The van der Waals surface area contributed by atoms with Crippen molar-refractivity contribution in [2.75, 3.05) is 6.61 Å². The van der Waals surface area contributed by atoms with Crippen LogP contribution in [0.15, 0.2) is 22.9 Å². The fourth-order valence-electron chi connectivity index (χ4n) is 2.43. The van der Waals surface area contributed by atoms with E-state index in [0.29, 0.717) is 25.5 Å². The number of ether oxygens (including phenoxy) is 1. The number of carbonyl (C=O) groups is 1. The van der Waals surface area contributed by atoms with E-state index >= 15 is 0 Å². The molecule has 0 fully saturated rings. The standard InChI is InChI=1S/C17H24N4O3/c1-5-23-16-14(7-6-8-18-16)10-19-17(22)20-11(2)9-15-12(3)21-24-13(15)4/h6-8,11H,5,9-10H2,1-4H3,(H2,19,20,22)/t11-/m1/s1. The SMILES string of the molecule is CCOc1ncccc1CNC(=O)N[C@H](C)Cc1c(C)noc1C. The lowest BCUT2D eigenvalue weighted by molar-refractivity contribution is 0.237. The van der Waals surface area contributed by atoms with Crippen molar-refractivity contribution in [2.45, 2.75) is 46.7 Å². The molecular formula is C17H24N4O3. The van der Waals surface area contributed by atoms with Gasteiger partial charge in [-0.3, -0.25) is 0 Å². The molecule has 2 N–H and O–H groups in total. The van der Waals surface area contributed by atoms with Crippen molar-refractivity contribution in [3.63, 3.8) is 0 Å². The highest BCUT2D eigenvalue weighted by molar-refractivity contribution is 5.74. The molecule has 2 aromatic heterocycles. The summed E-state index contributed by atoms with van der Waals surface area (Å²) in [4.78, 5) is 16.2. The fraction of sp³-hybridized carbons (Fsp3) is 0.471. The van der Waals surface area contributed by atoms with E-state index in [1.54, 1.807) is 6.20 Å². The monoisotopic (exact) mass is 332 g/mol. The Labute approximate surface area is 141 Å². The second-order valence-electron chi connectivity index (χ2n) is 5.64. The van der Waals surface area contributed by atoms with Crippen molar-refractivity contribution in [3.05, 3.63) is 40.9 Å². The summed E-state index contributed by atoms with van der Waals surface area (Å²) in [5.74, 6) is 1.34. The van der Waals surface area contributed by atoms with Crippen LogP contribution in [0.3, 0.4) is 0 Å². The molecule has 130 valence electrons. The molecule has 0 aliphatic carbocycles. The average molecular weight is 332 g/mol. The van der Waals surface area contributed by atoms with Gasteiger partial charge in [-0.2, -0.15) is 0 Å². The third kappa shape index (κ3) is 4.71. The molecule has 0 bridgehead atoms. The van der Waals surface area contributed by atoms with Gasteiger partial charge in [0.2, 0.25) is 5.88 Å². The molecular weight excluding hydrogens is 308 g/mol. The highest BCUT2D eigenvalue weighted by Crippen LogP contribution is 2.15. The maximum atomic E-state index is 12.1. The van der Waals surface area contributed by atoms with E-state index in [1.807, 2.05) is 39.8 Å². The molecule has 7 nitrogen and oxygen atoms in total. The molecule has 0 radical (unpaired) electrons. The summed E-state index contributed by atoms with van der Waals surface area (Å²) in [7, 11) is 0. The van der Waals surface area contributed by atoms with Crippen LogP contribution in [0.1, 0.15) is 36.4 Å². The van der Waals surface area contributed by atoms with Gasteiger partial charge in [0.15, 0.2) is 0 Å². The van der Waals surface area contributed by atoms with Gasteiger partial charge in [-0.15, -0.1) is 0 Å². The van der Waals surface area contributed by atoms with E-state index in [0.717, 1.165) is 22.6 Å². The number of hydrogen-bond acceptors (Lipinski definition) is 5. The van der Waals surface area contributed by atoms with Gasteiger partial charge < -0.3 is 19.9 Å². The van der Waals surface area contributed by atoms with E-state index in [4.69, 9.17) is 9.26 Å².